The molecule has 0 aliphatic rings. The van der Waals surface area contributed by atoms with Crippen molar-refractivity contribution in [2.45, 2.75) is 13.3 Å². The number of aryl methyl sites for hydroxylation is 1. The minimum absolute atomic E-state index is 0.273. The summed E-state index contributed by atoms with van der Waals surface area (Å²) in [5.74, 6) is -0.496. The van der Waals surface area contributed by atoms with Crippen LogP contribution in [-0.2, 0) is 6.42 Å². The van der Waals surface area contributed by atoms with Gasteiger partial charge in [0.25, 0.3) is 6.26 Å². The highest BCUT2D eigenvalue weighted by Crippen LogP contribution is 2.22. The van der Waals surface area contributed by atoms with E-state index in [4.69, 9.17) is 10.4 Å². The zero-order valence-corrected chi connectivity index (χ0v) is 10.9. The molecular formula is C13H10N2O3S. The molecule has 96 valence electrons. The molecule has 0 amide bonds. The summed E-state index contributed by atoms with van der Waals surface area (Å²) >= 11 is 1.17. The first-order valence-corrected chi connectivity index (χ1v) is 6.26. The number of nitrogens with zero attached hydrogens (tertiary/aromatic N) is 2. The Labute approximate surface area is 113 Å². The molecule has 0 atom stereocenters. The predicted octanol–water partition coefficient (Wildman–Crippen LogP) is 2.60. The standard InChI is InChI=1S/C13H10N2O3S/c1-8-15-11(12(19-8)13(16)17)6-9-2-4-10(5-3-9)18-7-14/h2-5H,6H2,1H3,(H,16,17). The van der Waals surface area contributed by atoms with Crippen LogP contribution in [0, 0.1) is 18.4 Å². The maximum absolute atomic E-state index is 11.1. The van der Waals surface area contributed by atoms with E-state index in [1.165, 1.54) is 11.3 Å². The number of carboxylic acids is 1. The quantitative estimate of drug-likeness (QED) is 0.866. The first-order chi connectivity index (χ1) is 9.10. The average molecular weight is 274 g/mol. The number of aromatic carboxylic acids is 1. The van der Waals surface area contributed by atoms with E-state index in [2.05, 4.69) is 9.72 Å². The van der Waals surface area contributed by atoms with Crippen LogP contribution in [0.4, 0.5) is 0 Å². The van der Waals surface area contributed by atoms with Gasteiger partial charge in [0.1, 0.15) is 10.6 Å². The van der Waals surface area contributed by atoms with Gasteiger partial charge in [-0.05, 0) is 24.6 Å². The van der Waals surface area contributed by atoms with E-state index in [9.17, 15) is 4.79 Å². The van der Waals surface area contributed by atoms with Crippen LogP contribution in [0.1, 0.15) is 25.9 Å². The lowest BCUT2D eigenvalue weighted by Gasteiger charge is -2.01. The number of carbonyl (C=O) groups is 1. The molecule has 0 radical (unpaired) electrons. The summed E-state index contributed by atoms with van der Waals surface area (Å²) in [5.41, 5.74) is 1.47. The number of ether oxygens (including phenoxy) is 1. The fourth-order valence-corrected chi connectivity index (χ4v) is 2.45. The first kappa shape index (κ1) is 13.1. The topological polar surface area (TPSA) is 83.2 Å². The van der Waals surface area contributed by atoms with Crippen molar-refractivity contribution >= 4 is 17.3 Å². The fraction of sp³-hybridized carbons (Fsp3) is 0.154. The molecule has 1 aromatic heterocycles. The number of benzene rings is 1. The molecule has 1 N–H and O–H groups in total. The van der Waals surface area contributed by atoms with E-state index in [0.717, 1.165) is 10.6 Å². The molecule has 5 nitrogen and oxygen atoms in total. The van der Waals surface area contributed by atoms with Crippen molar-refractivity contribution in [3.05, 3.63) is 45.4 Å². The number of nitriles is 1. The Kier molecular flexibility index (Phi) is 3.78. The third kappa shape index (κ3) is 3.09. The van der Waals surface area contributed by atoms with Crippen LogP contribution >= 0.6 is 11.3 Å². The first-order valence-electron chi connectivity index (χ1n) is 5.44. The van der Waals surface area contributed by atoms with Gasteiger partial charge in [0, 0.05) is 6.42 Å². The molecule has 0 aliphatic carbocycles. The van der Waals surface area contributed by atoms with Crippen molar-refractivity contribution in [2.24, 2.45) is 0 Å². The van der Waals surface area contributed by atoms with E-state index in [1.807, 2.05) is 0 Å². The van der Waals surface area contributed by atoms with E-state index >= 15 is 0 Å². The molecule has 0 bridgehead atoms. The predicted molar refractivity (Wildman–Crippen MR) is 69.3 cm³/mol. The molecule has 0 saturated heterocycles. The molecule has 1 aromatic carbocycles. The van der Waals surface area contributed by atoms with Crippen molar-refractivity contribution in [2.75, 3.05) is 0 Å². The van der Waals surface area contributed by atoms with Crippen LogP contribution < -0.4 is 4.74 Å². The second-order valence-electron chi connectivity index (χ2n) is 3.83. The van der Waals surface area contributed by atoms with Crippen LogP contribution in [-0.4, -0.2) is 16.1 Å². The summed E-state index contributed by atoms with van der Waals surface area (Å²) in [4.78, 5) is 15.6. The highest BCUT2D eigenvalue weighted by molar-refractivity contribution is 7.13. The molecule has 2 rings (SSSR count). The summed E-state index contributed by atoms with van der Waals surface area (Å²) < 4.78 is 4.67. The number of aromatic nitrogens is 1. The maximum atomic E-state index is 11.1. The monoisotopic (exact) mass is 274 g/mol. The van der Waals surface area contributed by atoms with E-state index < -0.39 is 5.97 Å². The van der Waals surface area contributed by atoms with E-state index in [1.54, 1.807) is 37.4 Å². The van der Waals surface area contributed by atoms with Crippen LogP contribution in [0.25, 0.3) is 0 Å². The maximum Gasteiger partial charge on any atom is 0.347 e. The number of hydrogen-bond acceptors (Lipinski definition) is 5. The lowest BCUT2D eigenvalue weighted by molar-refractivity contribution is 0.0701. The third-order valence-corrected chi connectivity index (χ3v) is 3.46. The van der Waals surface area contributed by atoms with Crippen LogP contribution in [0.5, 0.6) is 5.75 Å². The smallest absolute Gasteiger partial charge is 0.347 e. The van der Waals surface area contributed by atoms with Crippen LogP contribution in [0.15, 0.2) is 24.3 Å². The van der Waals surface area contributed by atoms with Crippen molar-refractivity contribution < 1.29 is 14.6 Å². The Bertz CT molecular complexity index is 641. The summed E-state index contributed by atoms with van der Waals surface area (Å²) in [7, 11) is 0. The Morgan fingerprint density at radius 2 is 2.16 bits per heavy atom. The number of hydrogen-bond donors (Lipinski definition) is 1. The molecule has 0 saturated carbocycles. The minimum Gasteiger partial charge on any atom is -0.477 e. The molecule has 0 unspecified atom stereocenters. The van der Waals surface area contributed by atoms with Crippen molar-refractivity contribution in [3.8, 4) is 12.0 Å². The second-order valence-corrected chi connectivity index (χ2v) is 5.03. The average Bonchev–Trinajstić information content (AvgIpc) is 2.73. The molecule has 1 heterocycles. The molecule has 0 spiro atoms. The third-order valence-electron chi connectivity index (χ3n) is 2.46. The SMILES string of the molecule is Cc1nc(Cc2ccc(OC#N)cc2)c(C(=O)O)s1. The number of rotatable bonds is 4. The Balaban J connectivity index is 2.21. The molecule has 0 fully saturated rings. The van der Waals surface area contributed by atoms with Crippen molar-refractivity contribution in [1.82, 2.24) is 4.98 Å². The van der Waals surface area contributed by atoms with Gasteiger partial charge in [-0.3, -0.25) is 0 Å². The van der Waals surface area contributed by atoms with Gasteiger partial charge in [-0.15, -0.1) is 16.6 Å². The molecule has 2 aromatic rings. The molecule has 0 aliphatic heterocycles. The van der Waals surface area contributed by atoms with Gasteiger partial charge in [0.05, 0.1) is 10.7 Å². The Hall–Kier alpha value is -2.39. The van der Waals surface area contributed by atoms with Crippen LogP contribution in [0.2, 0.25) is 0 Å². The highest BCUT2D eigenvalue weighted by atomic mass is 32.1. The normalized spacial score (nSPS) is 9.89. The largest absolute Gasteiger partial charge is 0.477 e. The molecular weight excluding hydrogens is 264 g/mol. The fourth-order valence-electron chi connectivity index (χ4n) is 1.68. The lowest BCUT2D eigenvalue weighted by Crippen LogP contribution is -2.00. The zero-order chi connectivity index (χ0) is 13.8. The zero-order valence-electron chi connectivity index (χ0n) is 10.1. The molecule has 6 heteroatoms. The van der Waals surface area contributed by atoms with Gasteiger partial charge in [-0.25, -0.2) is 9.78 Å². The van der Waals surface area contributed by atoms with Gasteiger partial charge < -0.3 is 9.84 Å². The Morgan fingerprint density at radius 1 is 1.47 bits per heavy atom. The van der Waals surface area contributed by atoms with Gasteiger partial charge in [0.15, 0.2) is 0 Å². The van der Waals surface area contributed by atoms with Crippen LogP contribution in [0.3, 0.4) is 0 Å². The summed E-state index contributed by atoms with van der Waals surface area (Å²) in [6.07, 6.45) is 2.04. The van der Waals surface area contributed by atoms with E-state index in [-0.39, 0.29) is 4.88 Å². The van der Waals surface area contributed by atoms with E-state index in [0.29, 0.717) is 17.9 Å². The minimum atomic E-state index is -0.954. The summed E-state index contributed by atoms with van der Waals surface area (Å²) in [6.45, 7) is 1.78. The molecule has 19 heavy (non-hydrogen) atoms. The van der Waals surface area contributed by atoms with Gasteiger partial charge >= 0.3 is 5.97 Å². The summed E-state index contributed by atoms with van der Waals surface area (Å²) in [6, 6.07) is 6.90. The second kappa shape index (κ2) is 5.50. The van der Waals surface area contributed by atoms with Crippen molar-refractivity contribution in [3.63, 3.8) is 0 Å². The number of carboxylic acid groups (broad SMARTS) is 1. The Morgan fingerprint density at radius 3 is 2.74 bits per heavy atom. The van der Waals surface area contributed by atoms with Gasteiger partial charge in [-0.1, -0.05) is 12.1 Å². The number of thiazole rings is 1. The van der Waals surface area contributed by atoms with Crippen molar-refractivity contribution in [1.29, 1.82) is 5.26 Å². The highest BCUT2D eigenvalue weighted by Gasteiger charge is 2.15. The lowest BCUT2D eigenvalue weighted by atomic mass is 10.1. The summed E-state index contributed by atoms with van der Waals surface area (Å²) in [5, 5.41) is 18.2. The van der Waals surface area contributed by atoms with Gasteiger partial charge in [0.2, 0.25) is 0 Å². The van der Waals surface area contributed by atoms with Gasteiger partial charge in [-0.2, -0.15) is 0 Å².